The standard InChI is InChI=1S/C16H30O7/c1-3-4-5-6-7-8-9-12(17)22-10-11-13(18)14(19)15(20)16(21-2)23-11/h11,13-16,18-20H,3-10H2,1-2H3/t11-,13+,14+,15-,16+/m1/s1. The number of rotatable bonds is 10. The van der Waals surface area contributed by atoms with Crippen LogP contribution in [0.3, 0.4) is 0 Å². The summed E-state index contributed by atoms with van der Waals surface area (Å²) < 4.78 is 15.3. The minimum atomic E-state index is -1.41. The summed E-state index contributed by atoms with van der Waals surface area (Å²) in [6, 6.07) is 0. The Morgan fingerprint density at radius 3 is 2.30 bits per heavy atom. The van der Waals surface area contributed by atoms with Gasteiger partial charge in [0.1, 0.15) is 31.0 Å². The van der Waals surface area contributed by atoms with E-state index in [1.165, 1.54) is 26.4 Å². The van der Waals surface area contributed by atoms with Crippen LogP contribution < -0.4 is 0 Å². The van der Waals surface area contributed by atoms with E-state index in [1.54, 1.807) is 0 Å². The van der Waals surface area contributed by atoms with Gasteiger partial charge in [0.05, 0.1) is 0 Å². The van der Waals surface area contributed by atoms with Gasteiger partial charge in [-0.25, -0.2) is 0 Å². The molecule has 0 aliphatic carbocycles. The summed E-state index contributed by atoms with van der Waals surface area (Å²) in [6.45, 7) is 1.97. The van der Waals surface area contributed by atoms with Crippen molar-refractivity contribution in [3.8, 4) is 0 Å². The molecule has 5 atom stereocenters. The Morgan fingerprint density at radius 1 is 1.00 bits per heavy atom. The van der Waals surface area contributed by atoms with E-state index in [0.29, 0.717) is 6.42 Å². The van der Waals surface area contributed by atoms with Gasteiger partial charge in [-0.3, -0.25) is 4.79 Å². The van der Waals surface area contributed by atoms with E-state index in [1.807, 2.05) is 0 Å². The number of hydrogen-bond donors (Lipinski definition) is 3. The lowest BCUT2D eigenvalue weighted by Crippen LogP contribution is -2.59. The second-order valence-corrected chi connectivity index (χ2v) is 5.95. The number of unbranched alkanes of at least 4 members (excludes halogenated alkanes) is 5. The second kappa shape index (κ2) is 10.9. The van der Waals surface area contributed by atoms with E-state index in [4.69, 9.17) is 14.2 Å². The minimum Gasteiger partial charge on any atom is -0.463 e. The van der Waals surface area contributed by atoms with E-state index < -0.39 is 30.7 Å². The Balaban J connectivity index is 2.24. The lowest BCUT2D eigenvalue weighted by atomic mass is 9.99. The average Bonchev–Trinajstić information content (AvgIpc) is 2.55. The van der Waals surface area contributed by atoms with Crippen molar-refractivity contribution >= 4 is 5.97 Å². The van der Waals surface area contributed by atoms with Crippen molar-refractivity contribution in [1.29, 1.82) is 0 Å². The van der Waals surface area contributed by atoms with Crippen LogP contribution in [-0.2, 0) is 19.0 Å². The highest BCUT2D eigenvalue weighted by atomic mass is 16.7. The summed E-state index contributed by atoms with van der Waals surface area (Å²) in [7, 11) is 1.32. The van der Waals surface area contributed by atoms with E-state index in [-0.39, 0.29) is 12.6 Å². The highest BCUT2D eigenvalue weighted by Gasteiger charge is 2.44. The molecule has 7 nitrogen and oxygen atoms in total. The smallest absolute Gasteiger partial charge is 0.305 e. The zero-order valence-corrected chi connectivity index (χ0v) is 14.0. The topological polar surface area (TPSA) is 105 Å². The van der Waals surface area contributed by atoms with Crippen molar-refractivity contribution in [2.24, 2.45) is 0 Å². The molecule has 7 heteroatoms. The molecule has 1 aliphatic rings. The molecule has 0 saturated carbocycles. The predicted octanol–water partition coefficient (Wildman–Crippen LogP) is 0.734. The van der Waals surface area contributed by atoms with Crippen LogP contribution in [0.2, 0.25) is 0 Å². The van der Waals surface area contributed by atoms with E-state index in [9.17, 15) is 20.1 Å². The monoisotopic (exact) mass is 334 g/mol. The number of carbonyl (C=O) groups excluding carboxylic acids is 1. The van der Waals surface area contributed by atoms with Crippen LogP contribution >= 0.6 is 0 Å². The quantitative estimate of drug-likeness (QED) is 0.399. The summed E-state index contributed by atoms with van der Waals surface area (Å²) in [5.41, 5.74) is 0. The van der Waals surface area contributed by atoms with Crippen LogP contribution in [0.25, 0.3) is 0 Å². The van der Waals surface area contributed by atoms with Gasteiger partial charge >= 0.3 is 5.97 Å². The second-order valence-electron chi connectivity index (χ2n) is 5.95. The zero-order chi connectivity index (χ0) is 17.2. The van der Waals surface area contributed by atoms with Crippen molar-refractivity contribution in [3.05, 3.63) is 0 Å². The number of ether oxygens (including phenoxy) is 3. The molecule has 0 bridgehead atoms. The number of aliphatic hydroxyl groups excluding tert-OH is 3. The Bertz CT molecular complexity index is 334. The van der Waals surface area contributed by atoms with Crippen molar-refractivity contribution in [2.45, 2.75) is 82.6 Å². The fourth-order valence-electron chi connectivity index (χ4n) is 2.55. The summed E-state index contributed by atoms with van der Waals surface area (Å²) in [5, 5.41) is 29.2. The molecule has 0 aromatic carbocycles. The molecule has 1 saturated heterocycles. The summed E-state index contributed by atoms with van der Waals surface area (Å²) >= 11 is 0. The number of hydrogen-bond acceptors (Lipinski definition) is 7. The SMILES string of the molecule is CCCCCCCCC(=O)OC[C@H]1O[C@H](OC)[C@H](O)[C@@H](O)[C@H]1O. The third-order valence-corrected chi connectivity index (χ3v) is 4.04. The van der Waals surface area contributed by atoms with Crippen LogP contribution in [0.4, 0.5) is 0 Å². The Morgan fingerprint density at radius 2 is 1.65 bits per heavy atom. The first-order valence-corrected chi connectivity index (χ1v) is 8.39. The van der Waals surface area contributed by atoms with E-state index >= 15 is 0 Å². The first kappa shape index (κ1) is 20.3. The van der Waals surface area contributed by atoms with Gasteiger partial charge in [-0.2, -0.15) is 0 Å². The predicted molar refractivity (Wildman–Crippen MR) is 82.6 cm³/mol. The van der Waals surface area contributed by atoms with E-state index in [2.05, 4.69) is 6.92 Å². The van der Waals surface area contributed by atoms with Crippen LogP contribution in [0, 0.1) is 0 Å². The van der Waals surface area contributed by atoms with Crippen LogP contribution in [0.15, 0.2) is 0 Å². The molecular formula is C16H30O7. The largest absolute Gasteiger partial charge is 0.463 e. The fraction of sp³-hybridized carbons (Fsp3) is 0.938. The van der Waals surface area contributed by atoms with Gasteiger partial charge in [0, 0.05) is 13.5 Å². The molecule has 0 aromatic rings. The number of carbonyl (C=O) groups is 1. The van der Waals surface area contributed by atoms with Crippen molar-refractivity contribution in [1.82, 2.24) is 0 Å². The Hall–Kier alpha value is -0.730. The number of aliphatic hydroxyl groups is 3. The van der Waals surface area contributed by atoms with Gasteiger partial charge < -0.3 is 29.5 Å². The normalized spacial score (nSPS) is 31.1. The molecule has 1 fully saturated rings. The van der Waals surface area contributed by atoms with Gasteiger partial charge in [-0.15, -0.1) is 0 Å². The lowest BCUT2D eigenvalue weighted by molar-refractivity contribution is -0.295. The van der Waals surface area contributed by atoms with Gasteiger partial charge in [0.15, 0.2) is 6.29 Å². The van der Waals surface area contributed by atoms with Crippen molar-refractivity contribution in [2.75, 3.05) is 13.7 Å². The third kappa shape index (κ3) is 6.73. The van der Waals surface area contributed by atoms with Gasteiger partial charge in [0.25, 0.3) is 0 Å². The molecular weight excluding hydrogens is 304 g/mol. The van der Waals surface area contributed by atoms with Crippen LogP contribution in [0.1, 0.15) is 51.9 Å². The molecule has 0 amide bonds. The Labute approximate surface area is 137 Å². The molecule has 1 rings (SSSR count). The number of esters is 1. The van der Waals surface area contributed by atoms with Crippen molar-refractivity contribution < 1.29 is 34.3 Å². The van der Waals surface area contributed by atoms with Crippen LogP contribution in [-0.4, -0.2) is 65.7 Å². The van der Waals surface area contributed by atoms with Crippen LogP contribution in [0.5, 0.6) is 0 Å². The Kier molecular flexibility index (Phi) is 9.66. The molecule has 0 spiro atoms. The third-order valence-electron chi connectivity index (χ3n) is 4.04. The van der Waals surface area contributed by atoms with Gasteiger partial charge in [-0.05, 0) is 6.42 Å². The van der Waals surface area contributed by atoms with Gasteiger partial charge in [0.2, 0.25) is 0 Å². The highest BCUT2D eigenvalue weighted by molar-refractivity contribution is 5.69. The summed E-state index contributed by atoms with van der Waals surface area (Å²) in [6.07, 6.45) is 0.741. The summed E-state index contributed by atoms with van der Waals surface area (Å²) in [4.78, 5) is 11.7. The van der Waals surface area contributed by atoms with Gasteiger partial charge in [-0.1, -0.05) is 39.0 Å². The average molecular weight is 334 g/mol. The molecule has 0 radical (unpaired) electrons. The maximum absolute atomic E-state index is 11.7. The molecule has 1 aliphatic heterocycles. The van der Waals surface area contributed by atoms with Crippen molar-refractivity contribution in [3.63, 3.8) is 0 Å². The summed E-state index contributed by atoms with van der Waals surface area (Å²) in [5.74, 6) is -0.356. The zero-order valence-electron chi connectivity index (χ0n) is 14.0. The highest BCUT2D eigenvalue weighted by Crippen LogP contribution is 2.22. The lowest BCUT2D eigenvalue weighted by Gasteiger charge is -2.39. The first-order valence-electron chi connectivity index (χ1n) is 8.39. The maximum Gasteiger partial charge on any atom is 0.305 e. The number of methoxy groups -OCH3 is 1. The molecule has 0 aromatic heterocycles. The molecule has 0 unspecified atom stereocenters. The first-order chi connectivity index (χ1) is 11.0. The molecule has 3 N–H and O–H groups in total. The van der Waals surface area contributed by atoms with E-state index in [0.717, 1.165) is 19.3 Å². The molecule has 1 heterocycles. The fourth-order valence-corrected chi connectivity index (χ4v) is 2.55. The molecule has 136 valence electrons. The maximum atomic E-state index is 11.7. The molecule has 23 heavy (non-hydrogen) atoms. The minimum absolute atomic E-state index is 0.181.